The van der Waals surface area contributed by atoms with Crippen molar-refractivity contribution in [2.45, 2.75) is 19.4 Å². The number of phenolic OH excluding ortho intramolecular Hbond substituents is 1. The molecule has 1 saturated heterocycles. The molecule has 4 nitrogen and oxygen atoms in total. The number of carbonyl (C=O) groups is 1. The second kappa shape index (κ2) is 6.16. The molecule has 1 amide bonds. The van der Waals surface area contributed by atoms with E-state index < -0.39 is 11.6 Å². The Morgan fingerprint density at radius 1 is 1.48 bits per heavy atom. The fraction of sp³-hybridized carbons (Fsp3) is 0.294. The molecule has 120 valence electrons. The summed E-state index contributed by atoms with van der Waals surface area (Å²) in [6, 6.07) is 5.98. The number of nitrogens with zero attached hydrogens (tertiary/aromatic N) is 2. The third-order valence-corrected chi connectivity index (χ3v) is 4.39. The van der Waals surface area contributed by atoms with Crippen LogP contribution in [0.5, 0.6) is 5.75 Å². The van der Waals surface area contributed by atoms with Crippen LogP contribution in [-0.2, 0) is 0 Å². The molecule has 0 radical (unpaired) electrons. The summed E-state index contributed by atoms with van der Waals surface area (Å²) >= 11 is 5.78. The highest BCUT2D eigenvalue weighted by Gasteiger charge is 2.35. The summed E-state index contributed by atoms with van der Waals surface area (Å²) < 4.78 is 13.7. The number of amides is 1. The standard InChI is InChI=1S/C17H16ClFN2O2/c1-10-5-15(11-3-2-4-20-8-11)21(9-10)17(23)12-6-13(18)16(22)14(19)7-12/h2-4,6-8,10,15,22H,5,9H2,1H3/t10-,15-/m0/s1. The highest BCUT2D eigenvalue weighted by molar-refractivity contribution is 6.32. The number of likely N-dealkylation sites (tertiary alicyclic amines) is 1. The van der Waals surface area contributed by atoms with Crippen molar-refractivity contribution >= 4 is 17.5 Å². The van der Waals surface area contributed by atoms with Gasteiger partial charge in [0, 0.05) is 24.5 Å². The number of hydrogen-bond acceptors (Lipinski definition) is 3. The first-order chi connectivity index (χ1) is 11.0. The molecule has 2 atom stereocenters. The Bertz CT molecular complexity index is 716. The van der Waals surface area contributed by atoms with Gasteiger partial charge in [0.1, 0.15) is 0 Å². The number of pyridine rings is 1. The zero-order valence-corrected chi connectivity index (χ0v) is 13.3. The summed E-state index contributed by atoms with van der Waals surface area (Å²) in [4.78, 5) is 18.6. The van der Waals surface area contributed by atoms with Crippen LogP contribution < -0.4 is 0 Å². The third kappa shape index (κ3) is 3.01. The number of phenols is 1. The summed E-state index contributed by atoms with van der Waals surface area (Å²) in [5.41, 5.74) is 1.09. The van der Waals surface area contributed by atoms with Gasteiger partial charge in [-0.3, -0.25) is 9.78 Å². The first-order valence-electron chi connectivity index (χ1n) is 7.36. The fourth-order valence-corrected chi connectivity index (χ4v) is 3.22. The van der Waals surface area contributed by atoms with E-state index in [1.807, 2.05) is 12.1 Å². The second-order valence-corrected chi connectivity index (χ2v) is 6.30. The third-order valence-electron chi connectivity index (χ3n) is 4.10. The number of hydrogen-bond donors (Lipinski definition) is 1. The average Bonchev–Trinajstić information content (AvgIpc) is 2.94. The fourth-order valence-electron chi connectivity index (χ4n) is 3.01. The lowest BCUT2D eigenvalue weighted by Crippen LogP contribution is -2.31. The molecule has 2 aromatic rings. The Kier molecular flexibility index (Phi) is 4.22. The minimum absolute atomic E-state index is 0.0955. The molecule has 0 unspecified atom stereocenters. The highest BCUT2D eigenvalue weighted by atomic mass is 35.5. The van der Waals surface area contributed by atoms with Crippen molar-refractivity contribution < 1.29 is 14.3 Å². The summed E-state index contributed by atoms with van der Waals surface area (Å²) in [5.74, 6) is -1.50. The van der Waals surface area contributed by atoms with E-state index in [9.17, 15) is 14.3 Å². The van der Waals surface area contributed by atoms with Crippen LogP contribution in [0.3, 0.4) is 0 Å². The van der Waals surface area contributed by atoms with E-state index in [1.54, 1.807) is 17.3 Å². The van der Waals surface area contributed by atoms with Gasteiger partial charge in [0.2, 0.25) is 0 Å². The van der Waals surface area contributed by atoms with E-state index in [1.165, 1.54) is 6.07 Å². The maximum Gasteiger partial charge on any atom is 0.254 e. The molecule has 2 heterocycles. The number of halogens is 2. The molecular weight excluding hydrogens is 319 g/mol. The summed E-state index contributed by atoms with van der Waals surface area (Å²) in [5, 5.41) is 9.24. The van der Waals surface area contributed by atoms with Gasteiger partial charge in [-0.1, -0.05) is 24.6 Å². The Balaban J connectivity index is 1.94. The molecule has 6 heteroatoms. The Labute approximate surface area is 138 Å². The summed E-state index contributed by atoms with van der Waals surface area (Å²) in [7, 11) is 0. The maximum absolute atomic E-state index is 13.7. The molecule has 0 aliphatic carbocycles. The first kappa shape index (κ1) is 15.7. The van der Waals surface area contributed by atoms with Crippen molar-refractivity contribution in [3.8, 4) is 5.75 Å². The molecule has 3 rings (SSSR count). The molecular formula is C17H16ClFN2O2. The number of aromatic hydroxyl groups is 1. The normalized spacial score (nSPS) is 20.7. The molecule has 1 fully saturated rings. The van der Waals surface area contributed by atoms with Crippen molar-refractivity contribution in [3.05, 3.63) is 58.6 Å². The number of benzene rings is 1. The van der Waals surface area contributed by atoms with E-state index in [2.05, 4.69) is 11.9 Å². The molecule has 0 spiro atoms. The monoisotopic (exact) mass is 334 g/mol. The van der Waals surface area contributed by atoms with Crippen molar-refractivity contribution in [2.75, 3.05) is 6.54 Å². The lowest BCUT2D eigenvalue weighted by atomic mass is 10.0. The van der Waals surface area contributed by atoms with Crippen LogP contribution >= 0.6 is 11.6 Å². The van der Waals surface area contributed by atoms with Gasteiger partial charge in [-0.25, -0.2) is 4.39 Å². The quantitative estimate of drug-likeness (QED) is 0.908. The molecule has 1 aromatic heterocycles. The minimum Gasteiger partial charge on any atom is -0.504 e. The topological polar surface area (TPSA) is 53.4 Å². The van der Waals surface area contributed by atoms with Gasteiger partial charge in [0.05, 0.1) is 11.1 Å². The number of carbonyl (C=O) groups excluding carboxylic acids is 1. The molecule has 1 aromatic carbocycles. The van der Waals surface area contributed by atoms with E-state index in [-0.39, 0.29) is 22.5 Å². The summed E-state index contributed by atoms with van der Waals surface area (Å²) in [6.07, 6.45) is 4.25. The molecule has 0 bridgehead atoms. The Morgan fingerprint density at radius 3 is 2.91 bits per heavy atom. The van der Waals surface area contributed by atoms with Gasteiger partial charge in [0.15, 0.2) is 11.6 Å². The number of aromatic nitrogens is 1. The molecule has 1 N–H and O–H groups in total. The van der Waals surface area contributed by atoms with Crippen LogP contribution in [-0.4, -0.2) is 27.4 Å². The van der Waals surface area contributed by atoms with Gasteiger partial charge in [-0.15, -0.1) is 0 Å². The minimum atomic E-state index is -0.897. The SMILES string of the molecule is C[C@H]1C[C@@H](c2cccnc2)N(C(=O)c2cc(F)c(O)c(Cl)c2)C1. The number of rotatable bonds is 2. The van der Waals surface area contributed by atoms with Crippen LogP contribution in [0.4, 0.5) is 4.39 Å². The molecule has 1 aliphatic heterocycles. The average molecular weight is 335 g/mol. The predicted molar refractivity (Wildman–Crippen MR) is 84.9 cm³/mol. The smallest absolute Gasteiger partial charge is 0.254 e. The Morgan fingerprint density at radius 2 is 2.26 bits per heavy atom. The van der Waals surface area contributed by atoms with Crippen LogP contribution in [0.15, 0.2) is 36.7 Å². The van der Waals surface area contributed by atoms with E-state index in [0.717, 1.165) is 18.1 Å². The van der Waals surface area contributed by atoms with Gasteiger partial charge >= 0.3 is 0 Å². The van der Waals surface area contributed by atoms with E-state index in [0.29, 0.717) is 12.5 Å². The summed E-state index contributed by atoms with van der Waals surface area (Å²) in [6.45, 7) is 2.65. The van der Waals surface area contributed by atoms with Crippen molar-refractivity contribution in [1.29, 1.82) is 0 Å². The van der Waals surface area contributed by atoms with Gasteiger partial charge in [-0.2, -0.15) is 0 Å². The second-order valence-electron chi connectivity index (χ2n) is 5.89. The van der Waals surface area contributed by atoms with Gasteiger partial charge in [-0.05, 0) is 36.1 Å². The lowest BCUT2D eigenvalue weighted by Gasteiger charge is -2.25. The van der Waals surface area contributed by atoms with Crippen molar-refractivity contribution in [3.63, 3.8) is 0 Å². The van der Waals surface area contributed by atoms with E-state index in [4.69, 9.17) is 11.6 Å². The molecule has 1 aliphatic rings. The van der Waals surface area contributed by atoms with Crippen LogP contribution in [0.1, 0.15) is 35.3 Å². The zero-order chi connectivity index (χ0) is 16.6. The maximum atomic E-state index is 13.7. The van der Waals surface area contributed by atoms with E-state index >= 15 is 0 Å². The first-order valence-corrected chi connectivity index (χ1v) is 7.74. The Hall–Kier alpha value is -2.14. The highest BCUT2D eigenvalue weighted by Crippen LogP contribution is 2.37. The lowest BCUT2D eigenvalue weighted by molar-refractivity contribution is 0.0731. The van der Waals surface area contributed by atoms with Crippen LogP contribution in [0, 0.1) is 11.7 Å². The van der Waals surface area contributed by atoms with Crippen LogP contribution in [0.25, 0.3) is 0 Å². The van der Waals surface area contributed by atoms with Crippen LogP contribution in [0.2, 0.25) is 5.02 Å². The molecule has 23 heavy (non-hydrogen) atoms. The molecule has 0 saturated carbocycles. The zero-order valence-electron chi connectivity index (χ0n) is 12.5. The van der Waals surface area contributed by atoms with Crippen molar-refractivity contribution in [1.82, 2.24) is 9.88 Å². The van der Waals surface area contributed by atoms with Gasteiger partial charge in [0.25, 0.3) is 5.91 Å². The largest absolute Gasteiger partial charge is 0.504 e. The predicted octanol–water partition coefficient (Wildman–Crippen LogP) is 3.80. The van der Waals surface area contributed by atoms with Crippen molar-refractivity contribution in [2.24, 2.45) is 5.92 Å². The van der Waals surface area contributed by atoms with Gasteiger partial charge < -0.3 is 10.0 Å².